The maximum absolute atomic E-state index is 10.9. The molecule has 0 amide bonds. The molecule has 1 rings (SSSR count). The van der Waals surface area contributed by atoms with Crippen LogP contribution in [-0.2, 0) is 10.0 Å². The quantitative estimate of drug-likeness (QED) is 0.703. The number of aryl methyl sites for hydroxylation is 1. The fourth-order valence-corrected chi connectivity index (χ4v) is 1.56. The van der Waals surface area contributed by atoms with Gasteiger partial charge in [0, 0.05) is 5.56 Å². The van der Waals surface area contributed by atoms with Crippen LogP contribution in [0.15, 0.2) is 23.1 Å². The minimum atomic E-state index is -3.67. The number of carbonyl (C=O) groups is 1. The number of aldehydes is 1. The number of hydrogen-bond donors (Lipinski definition) is 1. The van der Waals surface area contributed by atoms with E-state index in [1.54, 1.807) is 6.92 Å². The Morgan fingerprint density at radius 2 is 2.00 bits per heavy atom. The summed E-state index contributed by atoms with van der Waals surface area (Å²) < 4.78 is 21.7. The van der Waals surface area contributed by atoms with Gasteiger partial charge in [-0.2, -0.15) is 0 Å². The molecule has 0 fully saturated rings. The highest BCUT2D eigenvalue weighted by Crippen LogP contribution is 2.12. The van der Waals surface area contributed by atoms with Crippen LogP contribution < -0.4 is 5.14 Å². The zero-order valence-corrected chi connectivity index (χ0v) is 7.84. The zero-order valence-electron chi connectivity index (χ0n) is 7.02. The summed E-state index contributed by atoms with van der Waals surface area (Å²) in [6.07, 6.45) is 0.669. The SMILES string of the molecule is Cc1cc(S(N)(=O)=O)ccc1C=O. The zero-order chi connectivity index (χ0) is 10.1. The fraction of sp³-hybridized carbons (Fsp3) is 0.125. The molecule has 2 N–H and O–H groups in total. The van der Waals surface area contributed by atoms with Crippen LogP contribution in [0.2, 0.25) is 0 Å². The smallest absolute Gasteiger partial charge is 0.238 e. The van der Waals surface area contributed by atoms with Gasteiger partial charge in [-0.15, -0.1) is 0 Å². The molecule has 0 aliphatic rings. The largest absolute Gasteiger partial charge is 0.298 e. The first kappa shape index (κ1) is 9.88. The summed E-state index contributed by atoms with van der Waals surface area (Å²) in [6.45, 7) is 1.65. The standard InChI is InChI=1S/C8H9NO3S/c1-6-4-8(13(9,11)12)3-2-7(6)5-10/h2-5H,1H3,(H2,9,11,12). The van der Waals surface area contributed by atoms with E-state index in [4.69, 9.17) is 5.14 Å². The molecule has 0 spiro atoms. The molecule has 1 aromatic carbocycles. The summed E-state index contributed by atoms with van der Waals surface area (Å²) in [5.74, 6) is 0. The van der Waals surface area contributed by atoms with Crippen molar-refractivity contribution in [1.29, 1.82) is 0 Å². The van der Waals surface area contributed by atoms with Crippen molar-refractivity contribution in [3.8, 4) is 0 Å². The number of nitrogens with two attached hydrogens (primary N) is 1. The van der Waals surface area contributed by atoms with E-state index in [9.17, 15) is 13.2 Å². The van der Waals surface area contributed by atoms with Gasteiger partial charge in [0.15, 0.2) is 0 Å². The van der Waals surface area contributed by atoms with Crippen molar-refractivity contribution in [1.82, 2.24) is 0 Å². The van der Waals surface area contributed by atoms with E-state index >= 15 is 0 Å². The predicted octanol–water partition coefficient (Wildman–Crippen LogP) is 0.455. The van der Waals surface area contributed by atoms with Crippen LogP contribution in [0.1, 0.15) is 15.9 Å². The third kappa shape index (κ3) is 2.13. The topological polar surface area (TPSA) is 77.2 Å². The van der Waals surface area contributed by atoms with Crippen LogP contribution in [0.25, 0.3) is 0 Å². The molecule has 0 aliphatic carbocycles. The van der Waals surface area contributed by atoms with Crippen molar-refractivity contribution in [3.05, 3.63) is 29.3 Å². The van der Waals surface area contributed by atoms with Gasteiger partial charge in [0.1, 0.15) is 6.29 Å². The Morgan fingerprint density at radius 3 is 2.38 bits per heavy atom. The van der Waals surface area contributed by atoms with Crippen LogP contribution in [0.5, 0.6) is 0 Å². The van der Waals surface area contributed by atoms with Crippen LogP contribution in [0, 0.1) is 6.92 Å². The second-order valence-corrected chi connectivity index (χ2v) is 4.24. The molecule has 13 heavy (non-hydrogen) atoms. The monoisotopic (exact) mass is 199 g/mol. The number of primary sulfonamides is 1. The number of sulfonamides is 1. The van der Waals surface area contributed by atoms with E-state index in [2.05, 4.69) is 0 Å². The minimum absolute atomic E-state index is 0.0237. The van der Waals surface area contributed by atoms with Crippen LogP contribution in [-0.4, -0.2) is 14.7 Å². The Bertz CT molecular complexity index is 437. The van der Waals surface area contributed by atoms with Crippen molar-refractivity contribution in [2.75, 3.05) is 0 Å². The lowest BCUT2D eigenvalue weighted by molar-refractivity contribution is 0.112. The summed E-state index contributed by atoms with van der Waals surface area (Å²) in [4.78, 5) is 10.4. The summed E-state index contributed by atoms with van der Waals surface area (Å²) in [7, 11) is -3.67. The first-order valence-electron chi connectivity index (χ1n) is 3.54. The number of benzene rings is 1. The molecule has 5 heteroatoms. The molecule has 70 valence electrons. The second kappa shape index (κ2) is 3.27. The molecular weight excluding hydrogens is 190 g/mol. The molecule has 0 aromatic heterocycles. The Kier molecular flexibility index (Phi) is 2.49. The number of carbonyl (C=O) groups excluding carboxylic acids is 1. The highest BCUT2D eigenvalue weighted by atomic mass is 32.2. The Morgan fingerprint density at radius 1 is 1.38 bits per heavy atom. The third-order valence-corrected chi connectivity index (χ3v) is 2.61. The number of rotatable bonds is 2. The van der Waals surface area contributed by atoms with Gasteiger partial charge in [-0.3, -0.25) is 4.79 Å². The lowest BCUT2D eigenvalue weighted by Crippen LogP contribution is -2.12. The molecule has 0 aliphatic heterocycles. The van der Waals surface area contributed by atoms with Crippen molar-refractivity contribution < 1.29 is 13.2 Å². The second-order valence-electron chi connectivity index (χ2n) is 2.68. The molecule has 0 bridgehead atoms. The van der Waals surface area contributed by atoms with E-state index < -0.39 is 10.0 Å². The van der Waals surface area contributed by atoms with Gasteiger partial charge >= 0.3 is 0 Å². The fourth-order valence-electron chi connectivity index (χ4n) is 0.957. The summed E-state index contributed by atoms with van der Waals surface area (Å²) in [5.41, 5.74) is 1.06. The van der Waals surface area contributed by atoms with E-state index in [1.807, 2.05) is 0 Å². The van der Waals surface area contributed by atoms with Crippen molar-refractivity contribution in [2.45, 2.75) is 11.8 Å². The predicted molar refractivity (Wildman–Crippen MR) is 47.9 cm³/mol. The van der Waals surface area contributed by atoms with Crippen LogP contribution >= 0.6 is 0 Å². The molecule has 0 saturated carbocycles. The molecule has 4 nitrogen and oxygen atoms in total. The van der Waals surface area contributed by atoms with Crippen molar-refractivity contribution in [3.63, 3.8) is 0 Å². The maximum Gasteiger partial charge on any atom is 0.238 e. The lowest BCUT2D eigenvalue weighted by Gasteiger charge is -2.01. The normalized spacial score (nSPS) is 11.2. The average molecular weight is 199 g/mol. The first-order chi connectivity index (χ1) is 5.95. The number of hydrogen-bond acceptors (Lipinski definition) is 3. The molecule has 0 radical (unpaired) electrons. The van der Waals surface area contributed by atoms with Gasteiger partial charge in [0.2, 0.25) is 10.0 Å². The lowest BCUT2D eigenvalue weighted by atomic mass is 10.1. The summed E-state index contributed by atoms with van der Waals surface area (Å²) in [5, 5.41) is 4.90. The maximum atomic E-state index is 10.9. The van der Waals surface area contributed by atoms with E-state index in [-0.39, 0.29) is 4.90 Å². The minimum Gasteiger partial charge on any atom is -0.298 e. The van der Waals surface area contributed by atoms with E-state index in [0.29, 0.717) is 17.4 Å². The third-order valence-electron chi connectivity index (χ3n) is 1.70. The van der Waals surface area contributed by atoms with Gasteiger partial charge in [-0.1, -0.05) is 6.07 Å². The van der Waals surface area contributed by atoms with Crippen LogP contribution in [0.3, 0.4) is 0 Å². The van der Waals surface area contributed by atoms with Crippen LogP contribution in [0.4, 0.5) is 0 Å². The Hall–Kier alpha value is -1.20. The molecule has 0 atom stereocenters. The molecule has 0 heterocycles. The van der Waals surface area contributed by atoms with E-state index in [0.717, 1.165) is 0 Å². The van der Waals surface area contributed by atoms with Crippen molar-refractivity contribution in [2.24, 2.45) is 5.14 Å². The summed E-state index contributed by atoms with van der Waals surface area (Å²) >= 11 is 0. The first-order valence-corrected chi connectivity index (χ1v) is 5.08. The van der Waals surface area contributed by atoms with Gasteiger partial charge in [0.05, 0.1) is 4.90 Å². The molecular formula is C8H9NO3S. The molecule has 0 saturated heterocycles. The Labute approximate surface area is 76.4 Å². The summed E-state index contributed by atoms with van der Waals surface area (Å²) in [6, 6.07) is 4.12. The van der Waals surface area contributed by atoms with E-state index in [1.165, 1.54) is 18.2 Å². The van der Waals surface area contributed by atoms with Gasteiger partial charge in [0.25, 0.3) is 0 Å². The molecule has 0 unspecified atom stereocenters. The van der Waals surface area contributed by atoms with Gasteiger partial charge in [-0.25, -0.2) is 13.6 Å². The Balaban J connectivity index is 3.34. The van der Waals surface area contributed by atoms with Gasteiger partial charge in [-0.05, 0) is 24.6 Å². The average Bonchev–Trinajstić information content (AvgIpc) is 2.02. The molecule has 1 aromatic rings. The highest BCUT2D eigenvalue weighted by Gasteiger charge is 2.08. The van der Waals surface area contributed by atoms with Crippen molar-refractivity contribution >= 4 is 16.3 Å². The highest BCUT2D eigenvalue weighted by molar-refractivity contribution is 7.89. The van der Waals surface area contributed by atoms with Gasteiger partial charge < -0.3 is 0 Å².